The molecule has 1 heterocycles. The van der Waals surface area contributed by atoms with Crippen molar-refractivity contribution in [1.82, 2.24) is 10.4 Å². The zero-order valence-corrected chi connectivity index (χ0v) is 5.02. The molecule has 0 unspecified atom stereocenters. The second-order valence-corrected chi connectivity index (χ2v) is 1.90. The Morgan fingerprint density at radius 1 is 1.30 bits per heavy atom. The monoisotopic (exact) mass is 136 g/mol. The van der Waals surface area contributed by atoms with E-state index in [9.17, 15) is 5.26 Å². The summed E-state index contributed by atoms with van der Waals surface area (Å²) in [6.07, 6.45) is 0. The topological polar surface area (TPSA) is 51.5 Å². The minimum Gasteiger partial charge on any atom is -0.520 e. The average Bonchev–Trinajstić information content (AvgIpc) is 2.34. The Morgan fingerprint density at radius 3 is 2.90 bits per heavy atom. The second-order valence-electron chi connectivity index (χ2n) is 1.90. The molecule has 2 aromatic rings. The Hall–Kier alpha value is -1.58. The third-order valence-corrected chi connectivity index (χ3v) is 1.28. The fourth-order valence-electron chi connectivity index (χ4n) is 0.812. The average molecular weight is 136 g/mol. The molecule has 0 saturated carbocycles. The summed E-state index contributed by atoms with van der Waals surface area (Å²) in [5, 5.41) is 17.4. The molecule has 0 spiro atoms. The van der Waals surface area contributed by atoms with E-state index in [4.69, 9.17) is 0 Å². The molecule has 2 rings (SSSR count). The Kier molecular flexibility index (Phi) is 0.887. The molecule has 4 nitrogen and oxygen atoms in total. The van der Waals surface area contributed by atoms with Gasteiger partial charge in [-0.05, 0) is 6.07 Å². The zero-order valence-electron chi connectivity index (χ0n) is 5.02. The Morgan fingerprint density at radius 2 is 2.10 bits per heavy atom. The Labute approximate surface area is 56.3 Å². The molecule has 1 aromatic heterocycles. The highest BCUT2D eigenvalue weighted by atomic mass is 17.2. The lowest BCUT2D eigenvalue weighted by Crippen LogP contribution is -1.99. The molecule has 0 aliphatic heterocycles. The number of rotatable bonds is 0. The molecule has 0 fully saturated rings. The number of hydrogen-bond donors (Lipinski definition) is 0. The van der Waals surface area contributed by atoms with E-state index in [2.05, 4.69) is 10.4 Å². The number of hydrogen-bond acceptors (Lipinski definition) is 3. The van der Waals surface area contributed by atoms with Crippen LogP contribution in [0, 0.1) is 0 Å². The van der Waals surface area contributed by atoms with Crippen molar-refractivity contribution >= 4 is 11.1 Å². The molecule has 50 valence electrons. The number of para-hydroxylation sites is 1. The molecule has 0 aliphatic rings. The van der Waals surface area contributed by atoms with Gasteiger partial charge < -0.3 is 9.56 Å². The summed E-state index contributed by atoms with van der Waals surface area (Å²) in [6, 6.07) is 6.93. The summed E-state index contributed by atoms with van der Waals surface area (Å²) in [6.45, 7) is 0. The van der Waals surface area contributed by atoms with Crippen molar-refractivity contribution in [3.63, 3.8) is 0 Å². The summed E-state index contributed by atoms with van der Waals surface area (Å²) in [7, 11) is 0. The number of nitrogens with zero attached hydrogens (tertiary/aromatic N) is 2. The molecule has 0 aliphatic carbocycles. The van der Waals surface area contributed by atoms with Gasteiger partial charge in [-0.1, -0.05) is 17.2 Å². The first-order valence-corrected chi connectivity index (χ1v) is 2.80. The van der Waals surface area contributed by atoms with Gasteiger partial charge in [0.1, 0.15) is 0 Å². The SMILES string of the molecule is [O-][o+]1nnc2ccccc21. The predicted octanol–water partition coefficient (Wildman–Crippen LogP) is 0.0338. The van der Waals surface area contributed by atoms with Crippen molar-refractivity contribution in [1.29, 1.82) is 0 Å². The van der Waals surface area contributed by atoms with Gasteiger partial charge in [0, 0.05) is 6.07 Å². The lowest BCUT2D eigenvalue weighted by molar-refractivity contribution is -0.711. The van der Waals surface area contributed by atoms with E-state index in [-0.39, 0.29) is 0 Å². The smallest absolute Gasteiger partial charge is 0.339 e. The maximum atomic E-state index is 10.6. The summed E-state index contributed by atoms with van der Waals surface area (Å²) in [4.78, 5) is 0. The molecule has 0 atom stereocenters. The molecule has 4 heteroatoms. The van der Waals surface area contributed by atoms with Gasteiger partial charge in [0.2, 0.25) is 5.27 Å². The van der Waals surface area contributed by atoms with Gasteiger partial charge >= 0.3 is 5.58 Å². The van der Waals surface area contributed by atoms with E-state index in [1.165, 1.54) is 4.30 Å². The van der Waals surface area contributed by atoms with Gasteiger partial charge in [0.15, 0.2) is 5.52 Å². The summed E-state index contributed by atoms with van der Waals surface area (Å²) in [5.41, 5.74) is 1.03. The second kappa shape index (κ2) is 1.70. The molecule has 10 heavy (non-hydrogen) atoms. The first kappa shape index (κ1) is 5.22. The fraction of sp³-hybridized carbons (Fsp3) is 0. The molecular formula is C6H4N2O2. The molecular weight excluding hydrogens is 132 g/mol. The minimum absolute atomic E-state index is 0.433. The van der Waals surface area contributed by atoms with E-state index in [0.29, 0.717) is 11.1 Å². The van der Waals surface area contributed by atoms with Crippen LogP contribution in [0.3, 0.4) is 0 Å². The highest BCUT2D eigenvalue weighted by Crippen LogP contribution is 2.10. The fourth-order valence-corrected chi connectivity index (χ4v) is 0.812. The van der Waals surface area contributed by atoms with Gasteiger partial charge in [0.25, 0.3) is 0 Å². The lowest BCUT2D eigenvalue weighted by atomic mass is 10.3. The number of benzene rings is 1. The normalized spacial score (nSPS) is 10.4. The summed E-state index contributed by atoms with van der Waals surface area (Å²) < 4.78 is 1.26. The van der Waals surface area contributed by atoms with Gasteiger partial charge in [-0.15, -0.1) is 0 Å². The summed E-state index contributed by atoms with van der Waals surface area (Å²) in [5.74, 6) is 0. The zero-order chi connectivity index (χ0) is 6.97. The maximum absolute atomic E-state index is 10.6. The third kappa shape index (κ3) is 0.556. The molecule has 0 N–H and O–H groups in total. The van der Waals surface area contributed by atoms with Crippen molar-refractivity contribution in [3.8, 4) is 0 Å². The van der Waals surface area contributed by atoms with E-state index in [1.54, 1.807) is 24.3 Å². The van der Waals surface area contributed by atoms with Crippen LogP contribution in [0.25, 0.3) is 11.1 Å². The van der Waals surface area contributed by atoms with Crippen LogP contribution in [0.5, 0.6) is 0 Å². The van der Waals surface area contributed by atoms with E-state index < -0.39 is 0 Å². The van der Waals surface area contributed by atoms with Gasteiger partial charge in [-0.2, -0.15) is 0 Å². The van der Waals surface area contributed by atoms with Crippen molar-refractivity contribution in [3.05, 3.63) is 24.3 Å². The lowest BCUT2D eigenvalue weighted by Gasteiger charge is -1.89. The van der Waals surface area contributed by atoms with Crippen LogP contribution in [0.15, 0.2) is 28.6 Å². The van der Waals surface area contributed by atoms with Crippen LogP contribution in [0.4, 0.5) is 0 Å². The van der Waals surface area contributed by atoms with Crippen molar-refractivity contribution in [2.75, 3.05) is 0 Å². The van der Waals surface area contributed by atoms with Crippen LogP contribution in [-0.4, -0.2) is 10.4 Å². The third-order valence-electron chi connectivity index (χ3n) is 1.28. The van der Waals surface area contributed by atoms with Crippen molar-refractivity contribution in [2.24, 2.45) is 0 Å². The molecule has 0 saturated heterocycles. The highest BCUT2D eigenvalue weighted by Gasteiger charge is 2.04. The predicted molar refractivity (Wildman–Crippen MR) is 31.8 cm³/mol. The largest absolute Gasteiger partial charge is 0.520 e. The quantitative estimate of drug-likeness (QED) is 0.379. The molecule has 0 bridgehead atoms. The first-order valence-electron chi connectivity index (χ1n) is 2.80. The number of aromatic nitrogens is 2. The van der Waals surface area contributed by atoms with Crippen molar-refractivity contribution < 1.29 is 9.56 Å². The molecule has 0 radical (unpaired) electrons. The van der Waals surface area contributed by atoms with E-state index >= 15 is 0 Å². The maximum Gasteiger partial charge on any atom is 0.339 e. The highest BCUT2D eigenvalue weighted by molar-refractivity contribution is 5.70. The van der Waals surface area contributed by atoms with E-state index in [1.807, 2.05) is 0 Å². The summed E-state index contributed by atoms with van der Waals surface area (Å²) >= 11 is 0. The minimum atomic E-state index is 0.433. The first-order chi connectivity index (χ1) is 4.88. The standard InChI is InChI=1S/C6H4N2O2/c9-10-6-4-2-1-3-5(6)7-8-10/h1-4H. The van der Waals surface area contributed by atoms with E-state index in [0.717, 1.165) is 0 Å². The van der Waals surface area contributed by atoms with Gasteiger partial charge in [-0.3, -0.25) is 0 Å². The van der Waals surface area contributed by atoms with Crippen molar-refractivity contribution in [2.45, 2.75) is 0 Å². The Bertz CT molecular complexity index is 355. The molecule has 0 amide bonds. The Balaban J connectivity index is 2.93. The van der Waals surface area contributed by atoms with Crippen LogP contribution in [-0.2, 0) is 0 Å². The molecule has 1 aromatic carbocycles. The van der Waals surface area contributed by atoms with Crippen LogP contribution in [0.1, 0.15) is 0 Å². The van der Waals surface area contributed by atoms with Crippen LogP contribution < -0.4 is 5.26 Å². The van der Waals surface area contributed by atoms with Gasteiger partial charge in [0.05, 0.1) is 0 Å². The number of fused-ring (bicyclic) bond motifs is 1. The van der Waals surface area contributed by atoms with Gasteiger partial charge in [-0.25, -0.2) is 0 Å². The van der Waals surface area contributed by atoms with Crippen LogP contribution in [0.2, 0.25) is 0 Å². The van der Waals surface area contributed by atoms with Crippen LogP contribution >= 0.6 is 0 Å².